The van der Waals surface area contributed by atoms with E-state index in [0.29, 0.717) is 18.4 Å². The first-order valence-corrected chi connectivity index (χ1v) is 11.4. The summed E-state index contributed by atoms with van der Waals surface area (Å²) in [6.07, 6.45) is 2.93. The van der Waals surface area contributed by atoms with E-state index in [1.54, 1.807) is 20.8 Å². The van der Waals surface area contributed by atoms with Gasteiger partial charge in [-0.05, 0) is 69.4 Å². The van der Waals surface area contributed by atoms with Crippen LogP contribution < -0.4 is 5.32 Å². The minimum absolute atomic E-state index is 0.0143. The van der Waals surface area contributed by atoms with Crippen molar-refractivity contribution in [1.29, 1.82) is 0 Å². The lowest BCUT2D eigenvalue weighted by molar-refractivity contribution is -0.150. The van der Waals surface area contributed by atoms with Crippen molar-refractivity contribution in [2.45, 2.75) is 84.3 Å². The molecule has 0 aliphatic heterocycles. The highest BCUT2D eigenvalue weighted by Gasteiger charge is 2.28. The zero-order valence-electron chi connectivity index (χ0n) is 19.8. The molecule has 0 unspecified atom stereocenters. The van der Waals surface area contributed by atoms with Crippen LogP contribution in [0.4, 0.5) is 4.79 Å². The van der Waals surface area contributed by atoms with Gasteiger partial charge in [0, 0.05) is 6.42 Å². The Bertz CT molecular complexity index is 773. The number of aliphatic carboxylic acids is 1. The third-order valence-corrected chi connectivity index (χ3v) is 5.50. The molecule has 1 fully saturated rings. The predicted molar refractivity (Wildman–Crippen MR) is 121 cm³/mol. The van der Waals surface area contributed by atoms with E-state index >= 15 is 0 Å². The summed E-state index contributed by atoms with van der Waals surface area (Å²) in [5, 5.41) is 11.9. The minimum atomic E-state index is -1.11. The van der Waals surface area contributed by atoms with Gasteiger partial charge in [-0.1, -0.05) is 38.1 Å². The van der Waals surface area contributed by atoms with Crippen molar-refractivity contribution in [1.82, 2.24) is 5.32 Å². The number of amides is 1. The van der Waals surface area contributed by atoms with Gasteiger partial charge in [-0.3, -0.25) is 4.79 Å². The van der Waals surface area contributed by atoms with E-state index in [9.17, 15) is 19.5 Å². The summed E-state index contributed by atoms with van der Waals surface area (Å²) >= 11 is 0. The molecule has 1 aliphatic rings. The molecule has 1 aromatic rings. The Balaban J connectivity index is 1.89. The number of ether oxygens (including phenoxy) is 2. The Morgan fingerprint density at radius 1 is 1.06 bits per heavy atom. The summed E-state index contributed by atoms with van der Waals surface area (Å²) in [5.41, 5.74) is 1.32. The molecule has 0 bridgehead atoms. The van der Waals surface area contributed by atoms with Gasteiger partial charge in [0.25, 0.3) is 0 Å². The fourth-order valence-electron chi connectivity index (χ4n) is 3.84. The van der Waals surface area contributed by atoms with Crippen LogP contribution in [0.3, 0.4) is 0 Å². The normalized spacial score (nSPS) is 19.8. The van der Waals surface area contributed by atoms with E-state index in [2.05, 4.69) is 5.32 Å². The van der Waals surface area contributed by atoms with Crippen LogP contribution in [0.2, 0.25) is 0 Å². The number of carbonyl (C=O) groups excluding carboxylic acids is 2. The number of benzene rings is 1. The van der Waals surface area contributed by atoms with Crippen LogP contribution in [0, 0.1) is 11.8 Å². The molecule has 1 aliphatic carbocycles. The highest BCUT2D eigenvalue weighted by molar-refractivity contribution is 5.80. The maximum Gasteiger partial charge on any atom is 0.408 e. The molecule has 0 saturated heterocycles. The molecule has 0 heterocycles. The second kappa shape index (κ2) is 11.3. The fourth-order valence-corrected chi connectivity index (χ4v) is 3.84. The molecule has 2 rings (SSSR count). The van der Waals surface area contributed by atoms with Crippen LogP contribution in [-0.4, -0.2) is 41.4 Å². The molecule has 0 radical (unpaired) electrons. The van der Waals surface area contributed by atoms with Gasteiger partial charge < -0.3 is 19.9 Å². The number of hydrogen-bond donors (Lipinski definition) is 2. The van der Waals surface area contributed by atoms with Crippen molar-refractivity contribution in [2.24, 2.45) is 11.8 Å². The Morgan fingerprint density at radius 2 is 1.66 bits per heavy atom. The molecule has 7 heteroatoms. The Kier molecular flexibility index (Phi) is 9.10. The van der Waals surface area contributed by atoms with E-state index in [1.807, 2.05) is 38.1 Å². The molecule has 2 N–H and O–H groups in total. The van der Waals surface area contributed by atoms with Crippen molar-refractivity contribution >= 4 is 18.0 Å². The van der Waals surface area contributed by atoms with Crippen molar-refractivity contribution in [3.05, 3.63) is 35.4 Å². The molecular weight excluding hydrogens is 410 g/mol. The van der Waals surface area contributed by atoms with Gasteiger partial charge in [0.05, 0.1) is 12.5 Å². The summed E-state index contributed by atoms with van der Waals surface area (Å²) in [7, 11) is 0. The van der Waals surface area contributed by atoms with E-state index < -0.39 is 23.7 Å². The number of carboxylic acid groups (broad SMARTS) is 1. The number of carbonyl (C=O) groups is 3. The van der Waals surface area contributed by atoms with Gasteiger partial charge in [0.2, 0.25) is 0 Å². The van der Waals surface area contributed by atoms with Gasteiger partial charge in [0.1, 0.15) is 11.6 Å². The Morgan fingerprint density at radius 3 is 2.16 bits per heavy atom. The number of rotatable bonds is 8. The Hall–Kier alpha value is -2.57. The number of carboxylic acids is 1. The zero-order chi connectivity index (χ0) is 23.9. The molecule has 7 nitrogen and oxygen atoms in total. The van der Waals surface area contributed by atoms with Gasteiger partial charge in [-0.15, -0.1) is 0 Å². The highest BCUT2D eigenvalue weighted by atomic mass is 16.6. The van der Waals surface area contributed by atoms with Gasteiger partial charge in [-0.2, -0.15) is 0 Å². The standard InChI is InChI=1S/C25H37NO6/c1-16(2)15-31-23(29)20-12-10-19(11-13-20)18-8-6-17(7-9-18)14-21(22(27)28)26-24(30)32-25(3,4)5/h6-9,16,19-21H,10-15H2,1-5H3,(H,26,30)(H,27,28)/t19-,20-,21-/m0/s1. The largest absolute Gasteiger partial charge is 0.480 e. The zero-order valence-corrected chi connectivity index (χ0v) is 19.8. The van der Waals surface area contributed by atoms with E-state index in [4.69, 9.17) is 9.47 Å². The maximum absolute atomic E-state index is 12.2. The lowest BCUT2D eigenvalue weighted by atomic mass is 9.78. The second-order valence-corrected chi connectivity index (χ2v) is 10.1. The third kappa shape index (κ3) is 8.52. The first-order valence-electron chi connectivity index (χ1n) is 11.4. The third-order valence-electron chi connectivity index (χ3n) is 5.50. The first-order chi connectivity index (χ1) is 14.9. The lowest BCUT2D eigenvalue weighted by Gasteiger charge is -2.28. The summed E-state index contributed by atoms with van der Waals surface area (Å²) in [5.74, 6) is -0.478. The van der Waals surface area contributed by atoms with Gasteiger partial charge in [0.15, 0.2) is 0 Å². The summed E-state index contributed by atoms with van der Waals surface area (Å²) in [6.45, 7) is 9.70. The molecular formula is C25H37NO6. The fraction of sp³-hybridized carbons (Fsp3) is 0.640. The summed E-state index contributed by atoms with van der Waals surface area (Å²) < 4.78 is 10.5. The second-order valence-electron chi connectivity index (χ2n) is 10.1. The van der Waals surface area contributed by atoms with Crippen molar-refractivity contribution < 1.29 is 29.0 Å². The minimum Gasteiger partial charge on any atom is -0.480 e. The number of nitrogens with one attached hydrogen (secondary N) is 1. The first kappa shape index (κ1) is 25.7. The van der Waals surface area contributed by atoms with E-state index in [-0.39, 0.29) is 18.3 Å². The quantitative estimate of drug-likeness (QED) is 0.561. The molecule has 1 amide bonds. The number of esters is 1. The summed E-state index contributed by atoms with van der Waals surface area (Å²) in [6, 6.07) is 6.78. The highest BCUT2D eigenvalue weighted by Crippen LogP contribution is 2.36. The average Bonchev–Trinajstić information content (AvgIpc) is 2.70. The van der Waals surface area contributed by atoms with E-state index in [0.717, 1.165) is 31.2 Å². The Labute approximate surface area is 190 Å². The number of hydrogen-bond acceptors (Lipinski definition) is 5. The van der Waals surface area contributed by atoms with Gasteiger partial charge in [-0.25, -0.2) is 9.59 Å². The monoisotopic (exact) mass is 447 g/mol. The topological polar surface area (TPSA) is 102 Å². The smallest absolute Gasteiger partial charge is 0.408 e. The van der Waals surface area contributed by atoms with E-state index in [1.165, 1.54) is 5.56 Å². The predicted octanol–water partition coefficient (Wildman–Crippen LogP) is 4.68. The van der Waals surface area contributed by atoms with Crippen LogP contribution in [0.5, 0.6) is 0 Å². The van der Waals surface area contributed by atoms with Crippen molar-refractivity contribution in [3.63, 3.8) is 0 Å². The molecule has 178 valence electrons. The molecule has 32 heavy (non-hydrogen) atoms. The van der Waals surface area contributed by atoms with Gasteiger partial charge >= 0.3 is 18.0 Å². The van der Waals surface area contributed by atoms with Crippen molar-refractivity contribution in [3.8, 4) is 0 Å². The average molecular weight is 448 g/mol. The lowest BCUT2D eigenvalue weighted by Crippen LogP contribution is -2.44. The van der Waals surface area contributed by atoms with Crippen molar-refractivity contribution in [2.75, 3.05) is 6.61 Å². The van der Waals surface area contributed by atoms with Crippen LogP contribution in [0.15, 0.2) is 24.3 Å². The summed E-state index contributed by atoms with van der Waals surface area (Å²) in [4.78, 5) is 35.7. The van der Waals surface area contributed by atoms with Crippen LogP contribution >= 0.6 is 0 Å². The maximum atomic E-state index is 12.2. The van der Waals surface area contributed by atoms with Crippen LogP contribution in [-0.2, 0) is 25.5 Å². The number of alkyl carbamates (subject to hydrolysis) is 1. The van der Waals surface area contributed by atoms with Crippen LogP contribution in [0.1, 0.15) is 77.3 Å². The molecule has 0 aromatic heterocycles. The molecule has 0 spiro atoms. The molecule has 1 atom stereocenters. The molecule has 1 aromatic carbocycles. The van der Waals surface area contributed by atoms with Crippen LogP contribution in [0.25, 0.3) is 0 Å². The molecule has 1 saturated carbocycles. The SMILES string of the molecule is CC(C)COC(=O)[C@H]1CC[C@H](c2ccc(C[C@H](NC(=O)OC(C)(C)C)C(=O)O)cc2)CC1.